The summed E-state index contributed by atoms with van der Waals surface area (Å²) in [6, 6.07) is 7.18. The lowest BCUT2D eigenvalue weighted by molar-refractivity contribution is 0.600. The van der Waals surface area contributed by atoms with Crippen molar-refractivity contribution in [1.82, 2.24) is 10.2 Å². The molecule has 2 N–H and O–H groups in total. The summed E-state index contributed by atoms with van der Waals surface area (Å²) in [6.45, 7) is 3.34. The Labute approximate surface area is 119 Å². The molecule has 0 aliphatic carbocycles. The van der Waals surface area contributed by atoms with Crippen molar-refractivity contribution in [3.8, 4) is 0 Å². The maximum absolute atomic E-state index is 12.2. The molecule has 2 rings (SSSR count). The summed E-state index contributed by atoms with van der Waals surface area (Å²) in [4.78, 5) is 0.210. The van der Waals surface area contributed by atoms with Gasteiger partial charge in [-0.1, -0.05) is 6.07 Å². The number of sulfonamides is 1. The highest BCUT2D eigenvalue weighted by Crippen LogP contribution is 2.21. The van der Waals surface area contributed by atoms with Crippen molar-refractivity contribution in [3.05, 3.63) is 39.2 Å². The van der Waals surface area contributed by atoms with Crippen LogP contribution in [-0.2, 0) is 10.0 Å². The molecule has 0 saturated carbocycles. The van der Waals surface area contributed by atoms with Gasteiger partial charge in [0.05, 0.1) is 11.4 Å². The van der Waals surface area contributed by atoms with Gasteiger partial charge in [-0.25, -0.2) is 8.42 Å². The van der Waals surface area contributed by atoms with Crippen LogP contribution in [0.2, 0.25) is 0 Å². The standard InChI is InChI=1S/C11H12IN3O2S/c1-7-11(8(2)14-13-7)18(16,17)15-10-5-3-4-9(12)6-10/h3-6,15H,1-2H3,(H,13,14). The van der Waals surface area contributed by atoms with Crippen LogP contribution in [0.4, 0.5) is 5.69 Å². The number of nitrogens with one attached hydrogen (secondary N) is 2. The summed E-state index contributed by atoms with van der Waals surface area (Å²) < 4.78 is 28.0. The lowest BCUT2D eigenvalue weighted by Crippen LogP contribution is -2.14. The average molecular weight is 377 g/mol. The van der Waals surface area contributed by atoms with E-state index in [0.717, 1.165) is 3.57 Å². The number of benzene rings is 1. The van der Waals surface area contributed by atoms with Gasteiger partial charge in [-0.05, 0) is 54.6 Å². The van der Waals surface area contributed by atoms with E-state index < -0.39 is 10.0 Å². The van der Waals surface area contributed by atoms with E-state index in [4.69, 9.17) is 0 Å². The summed E-state index contributed by atoms with van der Waals surface area (Å²) in [7, 11) is -3.60. The third-order valence-electron chi connectivity index (χ3n) is 2.41. The van der Waals surface area contributed by atoms with Crippen molar-refractivity contribution in [1.29, 1.82) is 0 Å². The lowest BCUT2D eigenvalue weighted by Gasteiger charge is -2.08. The minimum Gasteiger partial charge on any atom is -0.281 e. The van der Waals surface area contributed by atoms with Crippen molar-refractivity contribution in [2.75, 3.05) is 4.72 Å². The van der Waals surface area contributed by atoms with Crippen LogP contribution in [0.15, 0.2) is 29.2 Å². The number of nitrogens with zero attached hydrogens (tertiary/aromatic N) is 1. The number of anilines is 1. The highest BCUT2D eigenvalue weighted by molar-refractivity contribution is 14.1. The van der Waals surface area contributed by atoms with Gasteiger partial charge in [0.1, 0.15) is 4.90 Å². The van der Waals surface area contributed by atoms with Gasteiger partial charge < -0.3 is 0 Å². The zero-order valence-corrected chi connectivity index (χ0v) is 12.8. The van der Waals surface area contributed by atoms with E-state index in [9.17, 15) is 8.42 Å². The average Bonchev–Trinajstić information content (AvgIpc) is 2.58. The largest absolute Gasteiger partial charge is 0.281 e. The minimum absolute atomic E-state index is 0.210. The molecule has 2 aromatic rings. The first kappa shape index (κ1) is 13.3. The highest BCUT2D eigenvalue weighted by Gasteiger charge is 2.22. The SMILES string of the molecule is Cc1n[nH]c(C)c1S(=O)(=O)Nc1cccc(I)c1. The number of halogens is 1. The minimum atomic E-state index is -3.60. The topological polar surface area (TPSA) is 74.8 Å². The Morgan fingerprint density at radius 1 is 1.33 bits per heavy atom. The Hall–Kier alpha value is -1.09. The number of hydrogen-bond donors (Lipinski definition) is 2. The van der Waals surface area contributed by atoms with Gasteiger partial charge in [-0.15, -0.1) is 0 Å². The van der Waals surface area contributed by atoms with Crippen molar-refractivity contribution in [3.63, 3.8) is 0 Å². The Balaban J connectivity index is 2.39. The second kappa shape index (κ2) is 4.88. The number of rotatable bonds is 3. The van der Waals surface area contributed by atoms with Crippen LogP contribution in [0.5, 0.6) is 0 Å². The first-order valence-corrected chi connectivity index (χ1v) is 7.76. The second-order valence-corrected chi connectivity index (χ2v) is 6.74. The van der Waals surface area contributed by atoms with E-state index in [1.54, 1.807) is 32.0 Å². The quantitative estimate of drug-likeness (QED) is 0.807. The molecule has 18 heavy (non-hydrogen) atoms. The van der Waals surface area contributed by atoms with Gasteiger partial charge in [0, 0.05) is 9.26 Å². The molecule has 1 heterocycles. The lowest BCUT2D eigenvalue weighted by atomic mass is 10.3. The highest BCUT2D eigenvalue weighted by atomic mass is 127. The third kappa shape index (κ3) is 2.66. The molecule has 5 nitrogen and oxygen atoms in total. The Morgan fingerprint density at radius 2 is 2.06 bits per heavy atom. The molecule has 0 saturated heterocycles. The van der Waals surface area contributed by atoms with Crippen LogP contribution in [0.3, 0.4) is 0 Å². The van der Waals surface area contributed by atoms with Crippen molar-refractivity contribution >= 4 is 38.3 Å². The van der Waals surface area contributed by atoms with Crippen molar-refractivity contribution in [2.24, 2.45) is 0 Å². The number of aromatic nitrogens is 2. The smallest absolute Gasteiger partial charge is 0.265 e. The first-order valence-electron chi connectivity index (χ1n) is 5.20. The fourth-order valence-corrected chi connectivity index (χ4v) is 3.66. The molecule has 0 radical (unpaired) electrons. The normalized spacial score (nSPS) is 11.5. The van der Waals surface area contributed by atoms with Gasteiger partial charge in [-0.3, -0.25) is 9.82 Å². The molecule has 0 unspecified atom stereocenters. The summed E-state index contributed by atoms with van der Waals surface area (Å²) in [5.74, 6) is 0. The first-order chi connectivity index (χ1) is 8.40. The number of H-pyrrole nitrogens is 1. The zero-order chi connectivity index (χ0) is 13.3. The van der Waals surface area contributed by atoms with Crippen LogP contribution < -0.4 is 4.72 Å². The fourth-order valence-electron chi connectivity index (χ4n) is 1.69. The summed E-state index contributed by atoms with van der Waals surface area (Å²) in [6.07, 6.45) is 0. The van der Waals surface area contributed by atoms with Crippen LogP contribution in [0.25, 0.3) is 0 Å². The number of aryl methyl sites for hydroxylation is 2. The molecule has 0 fully saturated rings. The molecule has 1 aromatic carbocycles. The maximum atomic E-state index is 12.2. The second-order valence-electron chi connectivity index (χ2n) is 3.88. The van der Waals surface area contributed by atoms with E-state index in [0.29, 0.717) is 17.1 Å². The molecule has 0 amide bonds. The van der Waals surface area contributed by atoms with E-state index in [-0.39, 0.29) is 4.90 Å². The Bertz CT molecular complexity index is 660. The Kier molecular flexibility index (Phi) is 3.62. The zero-order valence-electron chi connectivity index (χ0n) is 9.86. The molecule has 0 bridgehead atoms. The predicted molar refractivity (Wildman–Crippen MR) is 78.0 cm³/mol. The summed E-state index contributed by atoms with van der Waals surface area (Å²) in [5, 5.41) is 6.57. The van der Waals surface area contributed by atoms with Crippen LogP contribution in [-0.4, -0.2) is 18.6 Å². The molecule has 0 atom stereocenters. The van der Waals surface area contributed by atoms with E-state index in [1.165, 1.54) is 0 Å². The number of aromatic amines is 1. The van der Waals surface area contributed by atoms with Crippen LogP contribution >= 0.6 is 22.6 Å². The summed E-state index contributed by atoms with van der Waals surface area (Å²) in [5.41, 5.74) is 1.54. The predicted octanol–water partition coefficient (Wildman–Crippen LogP) is 2.43. The maximum Gasteiger partial charge on any atom is 0.265 e. The van der Waals surface area contributed by atoms with Crippen LogP contribution in [0.1, 0.15) is 11.4 Å². The van der Waals surface area contributed by atoms with E-state index >= 15 is 0 Å². The van der Waals surface area contributed by atoms with Crippen molar-refractivity contribution in [2.45, 2.75) is 18.7 Å². The molecule has 1 aromatic heterocycles. The van der Waals surface area contributed by atoms with E-state index in [1.807, 2.05) is 6.07 Å². The molecule has 7 heteroatoms. The van der Waals surface area contributed by atoms with Gasteiger partial charge in [0.15, 0.2) is 0 Å². The monoisotopic (exact) mass is 377 g/mol. The molecule has 0 aliphatic heterocycles. The third-order valence-corrected chi connectivity index (χ3v) is 4.72. The fraction of sp³-hybridized carbons (Fsp3) is 0.182. The Morgan fingerprint density at radius 3 is 2.61 bits per heavy atom. The molecule has 0 aliphatic rings. The van der Waals surface area contributed by atoms with Gasteiger partial charge in [0.2, 0.25) is 0 Å². The molecular weight excluding hydrogens is 365 g/mol. The van der Waals surface area contributed by atoms with Crippen LogP contribution in [0, 0.1) is 17.4 Å². The van der Waals surface area contributed by atoms with Crippen molar-refractivity contribution < 1.29 is 8.42 Å². The molecular formula is C11H12IN3O2S. The van der Waals surface area contributed by atoms with Gasteiger partial charge in [0.25, 0.3) is 10.0 Å². The summed E-state index contributed by atoms with van der Waals surface area (Å²) >= 11 is 2.13. The number of hydrogen-bond acceptors (Lipinski definition) is 3. The van der Waals surface area contributed by atoms with Gasteiger partial charge >= 0.3 is 0 Å². The van der Waals surface area contributed by atoms with E-state index in [2.05, 4.69) is 37.5 Å². The van der Waals surface area contributed by atoms with Gasteiger partial charge in [-0.2, -0.15) is 5.10 Å². The molecule has 96 valence electrons. The molecule has 0 spiro atoms.